The Kier molecular flexibility index (Phi) is 7.77. The molecule has 9 nitrogen and oxygen atoms in total. The van der Waals surface area contributed by atoms with Gasteiger partial charge in [0, 0.05) is 62.1 Å². The van der Waals surface area contributed by atoms with Crippen LogP contribution in [-0.2, 0) is 16.0 Å². The predicted molar refractivity (Wildman–Crippen MR) is 137 cm³/mol. The van der Waals surface area contributed by atoms with Gasteiger partial charge in [-0.05, 0) is 36.6 Å². The van der Waals surface area contributed by atoms with Crippen LogP contribution in [0.25, 0.3) is 16.9 Å². The quantitative estimate of drug-likeness (QED) is 0.350. The normalized spacial score (nSPS) is 13.8. The molecule has 188 valence electrons. The number of aromatic nitrogens is 2. The van der Waals surface area contributed by atoms with Crippen LogP contribution >= 0.6 is 0 Å². The Morgan fingerprint density at radius 1 is 0.944 bits per heavy atom. The van der Waals surface area contributed by atoms with E-state index in [1.165, 1.54) is 12.1 Å². The Morgan fingerprint density at radius 2 is 1.56 bits per heavy atom. The molecule has 0 unspecified atom stereocenters. The molecule has 0 saturated carbocycles. The SMILES string of the molecule is CC(C)CCC(=O)N1CCN(C(=O)Cc2cn(-c3ccccc3)nc2-c2ccc([N+](=O)[O-])cc2)CC1. The smallest absolute Gasteiger partial charge is 0.269 e. The van der Waals surface area contributed by atoms with Gasteiger partial charge in [0.15, 0.2) is 0 Å². The van der Waals surface area contributed by atoms with E-state index in [9.17, 15) is 19.7 Å². The standard InChI is InChI=1S/C27H31N5O4/c1-20(2)8-13-25(33)29-14-16-30(17-15-29)26(34)18-22-19-31(23-6-4-3-5-7-23)28-27(22)21-9-11-24(12-10-21)32(35)36/h3-7,9-12,19-20H,8,13-18H2,1-2H3. The van der Waals surface area contributed by atoms with Crippen LogP contribution in [0.4, 0.5) is 5.69 Å². The highest BCUT2D eigenvalue weighted by molar-refractivity contribution is 5.82. The van der Waals surface area contributed by atoms with Crippen LogP contribution in [0.2, 0.25) is 0 Å². The Labute approximate surface area is 210 Å². The number of nitro groups is 1. The topological polar surface area (TPSA) is 102 Å². The molecule has 0 N–H and O–H groups in total. The summed E-state index contributed by atoms with van der Waals surface area (Å²) in [6.45, 7) is 6.31. The number of hydrogen-bond acceptors (Lipinski definition) is 5. The lowest BCUT2D eigenvalue weighted by atomic mass is 10.0. The van der Waals surface area contributed by atoms with Crippen molar-refractivity contribution in [3.63, 3.8) is 0 Å². The molecule has 1 aromatic heterocycles. The number of amides is 2. The van der Waals surface area contributed by atoms with Crippen LogP contribution in [0.15, 0.2) is 60.8 Å². The fraction of sp³-hybridized carbons (Fsp3) is 0.370. The van der Waals surface area contributed by atoms with Crippen molar-refractivity contribution >= 4 is 17.5 Å². The molecular weight excluding hydrogens is 458 g/mol. The second kappa shape index (κ2) is 11.2. The van der Waals surface area contributed by atoms with Crippen LogP contribution in [0.3, 0.4) is 0 Å². The van der Waals surface area contributed by atoms with Crippen molar-refractivity contribution in [1.82, 2.24) is 19.6 Å². The van der Waals surface area contributed by atoms with Gasteiger partial charge in [0.1, 0.15) is 0 Å². The molecule has 1 aliphatic rings. The third-order valence-corrected chi connectivity index (χ3v) is 6.42. The fourth-order valence-electron chi connectivity index (χ4n) is 4.29. The maximum Gasteiger partial charge on any atom is 0.269 e. The van der Waals surface area contributed by atoms with Crippen LogP contribution in [-0.4, -0.2) is 62.5 Å². The predicted octanol–water partition coefficient (Wildman–Crippen LogP) is 4.10. The first-order chi connectivity index (χ1) is 17.3. The number of nitro benzene ring substituents is 1. The molecule has 0 radical (unpaired) electrons. The molecule has 3 aromatic rings. The van der Waals surface area contributed by atoms with Crippen LogP contribution in [0, 0.1) is 16.0 Å². The molecule has 0 aliphatic carbocycles. The summed E-state index contributed by atoms with van der Waals surface area (Å²) in [6.07, 6.45) is 3.41. The number of non-ortho nitro benzene ring substituents is 1. The van der Waals surface area contributed by atoms with Crippen LogP contribution in [0.5, 0.6) is 0 Å². The lowest BCUT2D eigenvalue weighted by Crippen LogP contribution is -2.51. The monoisotopic (exact) mass is 489 g/mol. The summed E-state index contributed by atoms with van der Waals surface area (Å²) in [5, 5.41) is 15.8. The highest BCUT2D eigenvalue weighted by Crippen LogP contribution is 2.27. The van der Waals surface area contributed by atoms with Gasteiger partial charge in [-0.15, -0.1) is 0 Å². The van der Waals surface area contributed by atoms with Crippen molar-refractivity contribution < 1.29 is 14.5 Å². The van der Waals surface area contributed by atoms with E-state index in [4.69, 9.17) is 5.10 Å². The molecule has 36 heavy (non-hydrogen) atoms. The number of hydrogen-bond donors (Lipinski definition) is 0. The molecule has 2 amide bonds. The third kappa shape index (κ3) is 5.97. The maximum atomic E-state index is 13.2. The molecule has 1 fully saturated rings. The second-order valence-electron chi connectivity index (χ2n) is 9.46. The van der Waals surface area contributed by atoms with E-state index in [0.29, 0.717) is 49.8 Å². The first-order valence-electron chi connectivity index (χ1n) is 12.3. The van der Waals surface area contributed by atoms with Crippen molar-refractivity contribution in [2.24, 2.45) is 5.92 Å². The van der Waals surface area contributed by atoms with Crippen molar-refractivity contribution in [3.8, 4) is 16.9 Å². The van der Waals surface area contributed by atoms with Crippen molar-refractivity contribution in [2.75, 3.05) is 26.2 Å². The summed E-state index contributed by atoms with van der Waals surface area (Å²) < 4.78 is 1.73. The van der Waals surface area contributed by atoms with Gasteiger partial charge in [-0.25, -0.2) is 4.68 Å². The number of carbonyl (C=O) groups is 2. The zero-order chi connectivity index (χ0) is 25.7. The molecule has 0 bridgehead atoms. The van der Waals surface area contributed by atoms with Crippen molar-refractivity contribution in [2.45, 2.75) is 33.1 Å². The summed E-state index contributed by atoms with van der Waals surface area (Å²) in [5.74, 6) is 0.610. The Hall–Kier alpha value is -4.01. The molecular formula is C27H31N5O4. The van der Waals surface area contributed by atoms with Gasteiger partial charge in [-0.2, -0.15) is 5.10 Å². The molecule has 0 spiro atoms. The molecule has 1 aliphatic heterocycles. The maximum absolute atomic E-state index is 13.2. The summed E-state index contributed by atoms with van der Waals surface area (Å²) in [7, 11) is 0. The average Bonchev–Trinajstić information content (AvgIpc) is 3.31. The first kappa shape index (κ1) is 25.1. The number of nitrogens with zero attached hydrogens (tertiary/aromatic N) is 5. The summed E-state index contributed by atoms with van der Waals surface area (Å²) >= 11 is 0. The van der Waals surface area contributed by atoms with E-state index in [1.54, 1.807) is 21.7 Å². The number of carbonyl (C=O) groups excluding carboxylic acids is 2. The van der Waals surface area contributed by atoms with Gasteiger partial charge < -0.3 is 9.80 Å². The zero-order valence-corrected chi connectivity index (χ0v) is 20.7. The molecule has 0 atom stereocenters. The second-order valence-corrected chi connectivity index (χ2v) is 9.46. The van der Waals surface area contributed by atoms with E-state index in [-0.39, 0.29) is 23.9 Å². The molecule has 2 heterocycles. The van der Waals surface area contributed by atoms with Crippen LogP contribution in [0.1, 0.15) is 32.3 Å². The molecule has 9 heteroatoms. The highest BCUT2D eigenvalue weighted by Gasteiger charge is 2.25. The van der Waals surface area contributed by atoms with Crippen molar-refractivity contribution in [1.29, 1.82) is 0 Å². The Balaban J connectivity index is 1.50. The minimum Gasteiger partial charge on any atom is -0.339 e. The van der Waals surface area contributed by atoms with Gasteiger partial charge >= 0.3 is 0 Å². The van der Waals surface area contributed by atoms with E-state index >= 15 is 0 Å². The Morgan fingerprint density at radius 3 is 2.14 bits per heavy atom. The number of piperazine rings is 1. The largest absolute Gasteiger partial charge is 0.339 e. The minimum atomic E-state index is -0.440. The third-order valence-electron chi connectivity index (χ3n) is 6.42. The molecule has 4 rings (SSSR count). The fourth-order valence-corrected chi connectivity index (χ4v) is 4.29. The number of rotatable bonds is 8. The van der Waals surface area contributed by atoms with Gasteiger partial charge in [0.2, 0.25) is 11.8 Å². The van der Waals surface area contributed by atoms with Gasteiger partial charge in [-0.3, -0.25) is 19.7 Å². The molecule has 1 saturated heterocycles. The average molecular weight is 490 g/mol. The summed E-state index contributed by atoms with van der Waals surface area (Å²) in [6, 6.07) is 15.8. The summed E-state index contributed by atoms with van der Waals surface area (Å²) in [5.41, 5.74) is 2.92. The van der Waals surface area contributed by atoms with Gasteiger partial charge in [-0.1, -0.05) is 32.0 Å². The number of benzene rings is 2. The van der Waals surface area contributed by atoms with E-state index in [2.05, 4.69) is 13.8 Å². The molecule has 2 aromatic carbocycles. The van der Waals surface area contributed by atoms with E-state index < -0.39 is 4.92 Å². The van der Waals surface area contributed by atoms with Crippen LogP contribution < -0.4 is 0 Å². The minimum absolute atomic E-state index is 0.000296. The Bertz CT molecular complexity index is 1210. The van der Waals surface area contributed by atoms with Gasteiger partial charge in [0.25, 0.3) is 5.69 Å². The number of para-hydroxylation sites is 1. The first-order valence-corrected chi connectivity index (χ1v) is 12.3. The highest BCUT2D eigenvalue weighted by atomic mass is 16.6. The lowest BCUT2D eigenvalue weighted by Gasteiger charge is -2.35. The van der Waals surface area contributed by atoms with E-state index in [1.807, 2.05) is 41.4 Å². The van der Waals surface area contributed by atoms with Crippen molar-refractivity contribution in [3.05, 3.63) is 76.5 Å². The lowest BCUT2D eigenvalue weighted by molar-refractivity contribution is -0.384. The van der Waals surface area contributed by atoms with Gasteiger partial charge in [0.05, 0.1) is 22.7 Å². The summed E-state index contributed by atoms with van der Waals surface area (Å²) in [4.78, 5) is 39.9. The van der Waals surface area contributed by atoms with E-state index in [0.717, 1.165) is 17.7 Å². The zero-order valence-electron chi connectivity index (χ0n) is 20.7.